The topological polar surface area (TPSA) is 57.0 Å². The highest BCUT2D eigenvalue weighted by atomic mass is 16.5. The second-order valence-corrected chi connectivity index (χ2v) is 4.77. The zero-order chi connectivity index (χ0) is 13.2. The molecule has 0 bridgehead atoms. The van der Waals surface area contributed by atoms with E-state index in [9.17, 15) is 4.79 Å². The highest BCUT2D eigenvalue weighted by Gasteiger charge is 2.36. The number of esters is 1. The van der Waals surface area contributed by atoms with Crippen LogP contribution in [0, 0.1) is 5.92 Å². The van der Waals surface area contributed by atoms with Crippen molar-refractivity contribution in [1.82, 2.24) is 14.8 Å². The largest absolute Gasteiger partial charge is 0.469 e. The van der Waals surface area contributed by atoms with E-state index in [4.69, 9.17) is 4.74 Å². The van der Waals surface area contributed by atoms with Crippen LogP contribution in [0.1, 0.15) is 18.9 Å². The fourth-order valence-electron chi connectivity index (χ4n) is 2.37. The summed E-state index contributed by atoms with van der Waals surface area (Å²) < 4.78 is 6.65. The van der Waals surface area contributed by atoms with Crippen LogP contribution in [0.15, 0.2) is 36.8 Å². The third-order valence-electron chi connectivity index (χ3n) is 3.58. The highest BCUT2D eigenvalue weighted by molar-refractivity contribution is 5.73. The van der Waals surface area contributed by atoms with Gasteiger partial charge < -0.3 is 4.74 Å². The summed E-state index contributed by atoms with van der Waals surface area (Å²) in [5.74, 6) is -0.0918. The first kappa shape index (κ1) is 11.9. The summed E-state index contributed by atoms with van der Waals surface area (Å²) in [5.41, 5.74) is 1.92. The molecule has 5 heteroatoms. The summed E-state index contributed by atoms with van der Waals surface area (Å²) in [6.45, 7) is 0. The lowest BCUT2D eigenvalue weighted by atomic mass is 9.80. The lowest BCUT2D eigenvalue weighted by molar-refractivity contribution is -0.149. The molecule has 98 valence electrons. The van der Waals surface area contributed by atoms with Crippen molar-refractivity contribution in [3.8, 4) is 11.3 Å². The molecule has 1 saturated carbocycles. The van der Waals surface area contributed by atoms with Crippen molar-refractivity contribution >= 4 is 5.97 Å². The van der Waals surface area contributed by atoms with Gasteiger partial charge in [0.05, 0.1) is 31.0 Å². The average Bonchev–Trinajstić information content (AvgIpc) is 2.87. The Hall–Kier alpha value is -2.17. The van der Waals surface area contributed by atoms with Crippen molar-refractivity contribution in [2.75, 3.05) is 7.11 Å². The number of hydrogen-bond donors (Lipinski definition) is 0. The van der Waals surface area contributed by atoms with Gasteiger partial charge in [0, 0.05) is 18.0 Å². The van der Waals surface area contributed by atoms with Crippen LogP contribution >= 0.6 is 0 Å². The molecule has 2 heterocycles. The van der Waals surface area contributed by atoms with Crippen LogP contribution < -0.4 is 0 Å². The van der Waals surface area contributed by atoms with Gasteiger partial charge in [0.25, 0.3) is 0 Å². The Morgan fingerprint density at radius 3 is 2.95 bits per heavy atom. The summed E-state index contributed by atoms with van der Waals surface area (Å²) >= 11 is 0. The molecule has 5 nitrogen and oxygen atoms in total. The first-order chi connectivity index (χ1) is 9.28. The van der Waals surface area contributed by atoms with E-state index in [1.165, 1.54) is 7.11 Å². The molecule has 0 saturated heterocycles. The lowest BCUT2D eigenvalue weighted by Gasteiger charge is -2.33. The quantitative estimate of drug-likeness (QED) is 0.790. The van der Waals surface area contributed by atoms with Crippen LogP contribution in [0.2, 0.25) is 0 Å². The van der Waals surface area contributed by atoms with Crippen molar-refractivity contribution < 1.29 is 9.53 Å². The molecule has 0 N–H and O–H groups in total. The van der Waals surface area contributed by atoms with Crippen molar-refractivity contribution in [3.63, 3.8) is 0 Å². The number of methoxy groups -OCH3 is 1. The molecule has 0 atom stereocenters. The molecule has 1 aliphatic carbocycles. The first-order valence-electron chi connectivity index (χ1n) is 6.31. The predicted octanol–water partition coefficient (Wildman–Crippen LogP) is 2.07. The summed E-state index contributed by atoms with van der Waals surface area (Å²) in [7, 11) is 1.43. The van der Waals surface area contributed by atoms with Gasteiger partial charge in [0.1, 0.15) is 0 Å². The second kappa shape index (κ2) is 4.84. The summed E-state index contributed by atoms with van der Waals surface area (Å²) in [4.78, 5) is 15.6. The maximum absolute atomic E-state index is 11.3. The zero-order valence-electron chi connectivity index (χ0n) is 10.7. The fraction of sp³-hybridized carbons (Fsp3) is 0.357. The number of ether oxygens (including phenoxy) is 1. The van der Waals surface area contributed by atoms with E-state index in [-0.39, 0.29) is 11.9 Å². The number of pyridine rings is 1. The van der Waals surface area contributed by atoms with Gasteiger partial charge in [-0.05, 0) is 25.0 Å². The lowest BCUT2D eigenvalue weighted by Crippen LogP contribution is -2.33. The van der Waals surface area contributed by atoms with Crippen molar-refractivity contribution in [1.29, 1.82) is 0 Å². The van der Waals surface area contributed by atoms with Crippen LogP contribution in [-0.2, 0) is 9.53 Å². The van der Waals surface area contributed by atoms with E-state index in [0.717, 1.165) is 24.1 Å². The summed E-state index contributed by atoms with van der Waals surface area (Å²) in [6.07, 6.45) is 7.17. The third kappa shape index (κ3) is 2.23. The minimum atomic E-state index is -0.117. The normalized spacial score (nSPS) is 21.7. The molecule has 0 unspecified atom stereocenters. The number of hydrogen-bond acceptors (Lipinski definition) is 4. The molecular weight excluding hydrogens is 242 g/mol. The van der Waals surface area contributed by atoms with E-state index in [0.29, 0.717) is 6.04 Å². The standard InChI is InChI=1S/C14H15N3O2/c1-19-14(18)10-6-12(7-10)17-9-11(8-16-17)13-4-2-3-5-15-13/h2-5,8-10,12H,6-7H2,1H3/t10-,12-. The molecule has 1 aliphatic rings. The molecule has 0 radical (unpaired) electrons. The molecule has 2 aromatic heterocycles. The van der Waals surface area contributed by atoms with Crippen LogP contribution in [0.4, 0.5) is 0 Å². The van der Waals surface area contributed by atoms with Crippen molar-refractivity contribution in [2.45, 2.75) is 18.9 Å². The number of aromatic nitrogens is 3. The molecule has 0 aromatic carbocycles. The smallest absolute Gasteiger partial charge is 0.308 e. The van der Waals surface area contributed by atoms with Crippen LogP contribution in [0.3, 0.4) is 0 Å². The molecule has 0 aliphatic heterocycles. The minimum Gasteiger partial charge on any atom is -0.469 e. The fourth-order valence-corrected chi connectivity index (χ4v) is 2.37. The predicted molar refractivity (Wildman–Crippen MR) is 69.2 cm³/mol. The van der Waals surface area contributed by atoms with Gasteiger partial charge in [-0.2, -0.15) is 5.10 Å². The van der Waals surface area contributed by atoms with Gasteiger partial charge in [0.15, 0.2) is 0 Å². The Morgan fingerprint density at radius 2 is 2.26 bits per heavy atom. The van der Waals surface area contributed by atoms with Gasteiger partial charge in [-0.15, -0.1) is 0 Å². The van der Waals surface area contributed by atoms with E-state index in [1.54, 1.807) is 6.20 Å². The second-order valence-electron chi connectivity index (χ2n) is 4.77. The maximum Gasteiger partial charge on any atom is 0.308 e. The third-order valence-corrected chi connectivity index (χ3v) is 3.58. The highest BCUT2D eigenvalue weighted by Crippen LogP contribution is 2.38. The van der Waals surface area contributed by atoms with E-state index < -0.39 is 0 Å². The number of rotatable bonds is 3. The zero-order valence-corrected chi connectivity index (χ0v) is 10.7. The maximum atomic E-state index is 11.3. The van der Waals surface area contributed by atoms with Crippen LogP contribution in [0.5, 0.6) is 0 Å². The van der Waals surface area contributed by atoms with Gasteiger partial charge in [-0.1, -0.05) is 6.07 Å². The monoisotopic (exact) mass is 257 g/mol. The van der Waals surface area contributed by atoms with Crippen LogP contribution in [0.25, 0.3) is 11.3 Å². The number of nitrogens with zero attached hydrogens (tertiary/aromatic N) is 3. The first-order valence-corrected chi connectivity index (χ1v) is 6.31. The number of carbonyl (C=O) groups is 1. The number of carbonyl (C=O) groups excluding carboxylic acids is 1. The molecular formula is C14H15N3O2. The van der Waals surface area contributed by atoms with Crippen LogP contribution in [-0.4, -0.2) is 27.8 Å². The Balaban J connectivity index is 1.69. The molecule has 2 aromatic rings. The van der Waals surface area contributed by atoms with Gasteiger partial charge >= 0.3 is 5.97 Å². The molecule has 0 amide bonds. The molecule has 3 rings (SSSR count). The van der Waals surface area contributed by atoms with Gasteiger partial charge in [-0.3, -0.25) is 14.5 Å². The summed E-state index contributed by atoms with van der Waals surface area (Å²) in [6, 6.07) is 6.10. The van der Waals surface area contributed by atoms with Gasteiger partial charge in [-0.25, -0.2) is 0 Å². The Labute approximate surface area is 111 Å². The van der Waals surface area contributed by atoms with Gasteiger partial charge in [0.2, 0.25) is 0 Å². The molecule has 1 fully saturated rings. The average molecular weight is 257 g/mol. The van der Waals surface area contributed by atoms with E-state index in [1.807, 2.05) is 35.3 Å². The SMILES string of the molecule is COC(=O)[C@H]1C[C@H](n2cc(-c3ccccn3)cn2)C1. The molecule has 19 heavy (non-hydrogen) atoms. The minimum absolute atomic E-state index is 0.0255. The van der Waals surface area contributed by atoms with E-state index >= 15 is 0 Å². The van der Waals surface area contributed by atoms with Crippen molar-refractivity contribution in [2.24, 2.45) is 5.92 Å². The molecule has 0 spiro atoms. The Morgan fingerprint density at radius 1 is 1.42 bits per heavy atom. The summed E-state index contributed by atoms with van der Waals surface area (Å²) in [5, 5.41) is 4.36. The Kier molecular flexibility index (Phi) is 3.03. The Bertz CT molecular complexity index is 573. The van der Waals surface area contributed by atoms with Crippen molar-refractivity contribution in [3.05, 3.63) is 36.8 Å². The van der Waals surface area contributed by atoms with E-state index in [2.05, 4.69) is 10.1 Å².